The first-order valence-corrected chi connectivity index (χ1v) is 8.83. The van der Waals surface area contributed by atoms with Crippen molar-refractivity contribution in [1.82, 2.24) is 19.4 Å². The molecule has 2 aliphatic heterocycles. The molecule has 0 spiro atoms. The van der Waals surface area contributed by atoms with Gasteiger partial charge in [0.15, 0.2) is 5.76 Å². The number of aromatic nitrogens is 3. The zero-order valence-electron chi connectivity index (χ0n) is 14.4. The fourth-order valence-electron chi connectivity index (χ4n) is 3.54. The van der Waals surface area contributed by atoms with E-state index in [1.807, 2.05) is 41.0 Å². The number of hydrogen-bond acceptors (Lipinski definition) is 4. The van der Waals surface area contributed by atoms with Crippen LogP contribution in [-0.2, 0) is 6.54 Å². The van der Waals surface area contributed by atoms with Crippen molar-refractivity contribution in [2.45, 2.75) is 44.7 Å². The topological polar surface area (TPSA) is 64.2 Å². The monoisotopic (exact) mass is 338 g/mol. The van der Waals surface area contributed by atoms with Crippen molar-refractivity contribution in [1.29, 1.82) is 0 Å². The minimum absolute atomic E-state index is 0.0273. The second-order valence-corrected chi connectivity index (χ2v) is 6.74. The van der Waals surface area contributed by atoms with E-state index in [-0.39, 0.29) is 5.91 Å². The van der Waals surface area contributed by atoms with Crippen LogP contribution >= 0.6 is 0 Å². The van der Waals surface area contributed by atoms with Gasteiger partial charge in [0.25, 0.3) is 5.91 Å². The molecule has 4 rings (SSSR count). The summed E-state index contributed by atoms with van der Waals surface area (Å²) in [6.45, 7) is 0.559. The van der Waals surface area contributed by atoms with Gasteiger partial charge >= 0.3 is 0 Å². The van der Waals surface area contributed by atoms with Gasteiger partial charge in [-0.3, -0.25) is 4.79 Å². The molecule has 0 unspecified atom stereocenters. The molecule has 0 saturated heterocycles. The predicted octanol–water partition coefficient (Wildman–Crippen LogP) is 3.43. The zero-order valence-corrected chi connectivity index (χ0v) is 14.4. The number of carbonyl (C=O) groups excluding carboxylic acids is 1. The molecule has 1 amide bonds. The van der Waals surface area contributed by atoms with Crippen molar-refractivity contribution in [2.75, 3.05) is 7.05 Å². The van der Waals surface area contributed by atoms with Crippen molar-refractivity contribution >= 4 is 5.91 Å². The minimum Gasteiger partial charge on any atom is -0.454 e. The van der Waals surface area contributed by atoms with Crippen LogP contribution < -0.4 is 0 Å². The summed E-state index contributed by atoms with van der Waals surface area (Å²) in [7, 11) is 1.89. The molecular formula is C19H22N4O2. The summed E-state index contributed by atoms with van der Waals surface area (Å²) in [5.41, 5.74) is 1.73. The lowest BCUT2D eigenvalue weighted by Gasteiger charge is -2.30. The summed E-state index contributed by atoms with van der Waals surface area (Å²) in [4.78, 5) is 22.9. The maximum absolute atomic E-state index is 12.7. The Morgan fingerprint density at radius 3 is 2.84 bits per heavy atom. The van der Waals surface area contributed by atoms with Crippen LogP contribution in [0.1, 0.15) is 48.4 Å². The van der Waals surface area contributed by atoms with Crippen molar-refractivity contribution in [3.8, 4) is 11.4 Å². The molecule has 3 heterocycles. The number of pyridine rings is 1. The van der Waals surface area contributed by atoms with Gasteiger partial charge in [-0.1, -0.05) is 19.3 Å². The zero-order chi connectivity index (χ0) is 17.2. The summed E-state index contributed by atoms with van der Waals surface area (Å²) in [5, 5.41) is 0. The Morgan fingerprint density at radius 2 is 2.00 bits per heavy atom. The third-order valence-corrected chi connectivity index (χ3v) is 5.02. The second kappa shape index (κ2) is 6.70. The highest BCUT2D eigenvalue weighted by Crippen LogP contribution is 2.23. The molecule has 1 aliphatic carbocycles. The average Bonchev–Trinajstić information content (AvgIpc) is 3.30. The third kappa shape index (κ3) is 3.29. The Hall–Kier alpha value is -2.63. The van der Waals surface area contributed by atoms with Crippen molar-refractivity contribution < 1.29 is 9.21 Å². The van der Waals surface area contributed by atoms with Crippen molar-refractivity contribution in [2.24, 2.45) is 0 Å². The average molecular weight is 338 g/mol. The van der Waals surface area contributed by atoms with Crippen LogP contribution in [0.3, 0.4) is 0 Å². The summed E-state index contributed by atoms with van der Waals surface area (Å²) in [6.07, 6.45) is 11.3. The highest BCUT2D eigenvalue weighted by molar-refractivity contribution is 5.91. The van der Waals surface area contributed by atoms with Crippen LogP contribution in [0.5, 0.6) is 0 Å². The number of amides is 1. The van der Waals surface area contributed by atoms with Crippen molar-refractivity contribution in [3.05, 3.63) is 48.4 Å². The number of fused-ring (bicyclic) bond motifs is 1. The first-order chi connectivity index (χ1) is 12.2. The third-order valence-electron chi connectivity index (χ3n) is 5.02. The van der Waals surface area contributed by atoms with E-state index >= 15 is 0 Å². The van der Waals surface area contributed by atoms with E-state index in [0.29, 0.717) is 18.3 Å². The molecule has 25 heavy (non-hydrogen) atoms. The Labute approximate surface area is 146 Å². The molecule has 1 aromatic heterocycles. The lowest BCUT2D eigenvalue weighted by atomic mass is 9.94. The van der Waals surface area contributed by atoms with Crippen LogP contribution in [0.15, 0.2) is 41.3 Å². The minimum atomic E-state index is -0.0273. The van der Waals surface area contributed by atoms with E-state index in [2.05, 4.69) is 9.97 Å². The van der Waals surface area contributed by atoms with Gasteiger partial charge in [0.2, 0.25) is 0 Å². The van der Waals surface area contributed by atoms with E-state index in [4.69, 9.17) is 4.42 Å². The van der Waals surface area contributed by atoms with E-state index in [9.17, 15) is 4.79 Å². The Kier molecular flexibility index (Phi) is 4.26. The summed E-state index contributed by atoms with van der Waals surface area (Å²) >= 11 is 0. The van der Waals surface area contributed by atoms with E-state index in [1.165, 1.54) is 19.3 Å². The quantitative estimate of drug-likeness (QED) is 0.731. The van der Waals surface area contributed by atoms with E-state index < -0.39 is 0 Å². The second-order valence-electron chi connectivity index (χ2n) is 6.74. The van der Waals surface area contributed by atoms with Crippen molar-refractivity contribution in [3.63, 3.8) is 0 Å². The van der Waals surface area contributed by atoms with Gasteiger partial charge in [-0.2, -0.15) is 0 Å². The highest BCUT2D eigenvalue weighted by Gasteiger charge is 2.24. The van der Waals surface area contributed by atoms with Crippen LogP contribution in [0, 0.1) is 0 Å². The van der Waals surface area contributed by atoms with Gasteiger partial charge in [0.05, 0.1) is 12.2 Å². The number of nitrogens with zero attached hydrogens (tertiary/aromatic N) is 4. The maximum Gasteiger partial charge on any atom is 0.289 e. The molecule has 1 saturated carbocycles. The molecule has 130 valence electrons. The van der Waals surface area contributed by atoms with Crippen LogP contribution in [0.4, 0.5) is 0 Å². The first kappa shape index (κ1) is 15.9. The molecule has 0 N–H and O–H groups in total. The largest absolute Gasteiger partial charge is 0.454 e. The highest BCUT2D eigenvalue weighted by atomic mass is 16.4. The molecule has 6 nitrogen and oxygen atoms in total. The van der Waals surface area contributed by atoms with E-state index in [0.717, 1.165) is 30.0 Å². The normalized spacial score (nSPS) is 15.6. The smallest absolute Gasteiger partial charge is 0.289 e. The van der Waals surface area contributed by atoms with Gasteiger partial charge < -0.3 is 13.9 Å². The molecule has 3 aliphatic rings. The van der Waals surface area contributed by atoms with Gasteiger partial charge in [-0.15, -0.1) is 0 Å². The van der Waals surface area contributed by atoms with Gasteiger partial charge in [0.1, 0.15) is 17.8 Å². The molecule has 0 radical (unpaired) electrons. The molecule has 1 aromatic rings. The predicted molar refractivity (Wildman–Crippen MR) is 93.4 cm³/mol. The summed E-state index contributed by atoms with van der Waals surface area (Å²) < 4.78 is 7.79. The van der Waals surface area contributed by atoms with Crippen LogP contribution in [0.2, 0.25) is 0 Å². The Balaban J connectivity index is 1.46. The SMILES string of the molecule is CN(C(=O)c1ccc(Cn2ccc3ncnc-3c2)o1)C1CCCCC1. The van der Waals surface area contributed by atoms with Gasteiger partial charge in [-0.25, -0.2) is 9.97 Å². The maximum atomic E-state index is 12.7. The number of rotatable bonds is 4. The van der Waals surface area contributed by atoms with Gasteiger partial charge in [-0.05, 0) is 31.0 Å². The number of imidazole rings is 1. The van der Waals surface area contributed by atoms with Crippen LogP contribution in [-0.4, -0.2) is 38.4 Å². The fraction of sp³-hybridized carbons (Fsp3) is 0.421. The molecule has 0 bridgehead atoms. The molecule has 0 atom stereocenters. The lowest BCUT2D eigenvalue weighted by Crippen LogP contribution is -2.38. The van der Waals surface area contributed by atoms with Crippen LogP contribution in [0.25, 0.3) is 11.4 Å². The lowest BCUT2D eigenvalue weighted by molar-refractivity contribution is 0.0662. The molecule has 6 heteroatoms. The molecular weight excluding hydrogens is 316 g/mol. The van der Waals surface area contributed by atoms with Gasteiger partial charge in [0, 0.05) is 25.5 Å². The standard InChI is InChI=1S/C19H22N4O2/c1-22(14-5-3-2-4-6-14)19(24)18-8-7-15(25-18)11-23-10-9-16-17(12-23)21-13-20-16/h7-10,12-14H,2-6,11H2,1H3. The summed E-state index contributed by atoms with van der Waals surface area (Å²) in [5.74, 6) is 1.14. The molecule has 1 fully saturated rings. The Bertz CT molecular complexity index is 832. The first-order valence-electron chi connectivity index (χ1n) is 8.83. The molecule has 0 aromatic carbocycles. The van der Waals surface area contributed by atoms with E-state index in [1.54, 1.807) is 12.4 Å². The number of carbonyl (C=O) groups is 1. The fourth-order valence-corrected chi connectivity index (χ4v) is 3.54. The Morgan fingerprint density at radius 1 is 1.20 bits per heavy atom. The number of hydrogen-bond donors (Lipinski definition) is 0. The summed E-state index contributed by atoms with van der Waals surface area (Å²) in [6, 6.07) is 5.91. The number of furan rings is 1.